The second kappa shape index (κ2) is 7.22. The quantitative estimate of drug-likeness (QED) is 0.487. The number of aromatic nitrogens is 5. The van der Waals surface area contributed by atoms with Gasteiger partial charge in [-0.25, -0.2) is 14.8 Å². The number of rotatable bonds is 3. The predicted octanol–water partition coefficient (Wildman–Crippen LogP) is 0.981. The zero-order chi connectivity index (χ0) is 21.7. The summed E-state index contributed by atoms with van der Waals surface area (Å²) in [5.74, 6) is 0.803. The van der Waals surface area contributed by atoms with E-state index in [4.69, 9.17) is 4.42 Å². The van der Waals surface area contributed by atoms with Crippen LogP contribution < -0.4 is 11.2 Å². The van der Waals surface area contributed by atoms with E-state index in [2.05, 4.69) is 9.97 Å². The fraction of sp³-hybridized carbons (Fsp3) is 0.381. The first-order valence-corrected chi connectivity index (χ1v) is 10.2. The molecule has 0 unspecified atom stereocenters. The minimum Gasteiger partial charge on any atom is -0.440 e. The lowest BCUT2D eigenvalue weighted by atomic mass is 9.97. The van der Waals surface area contributed by atoms with Gasteiger partial charge in [-0.15, -0.1) is 0 Å². The van der Waals surface area contributed by atoms with E-state index in [9.17, 15) is 14.4 Å². The number of imidazole rings is 1. The van der Waals surface area contributed by atoms with Crippen LogP contribution in [0.2, 0.25) is 0 Å². The maximum absolute atomic E-state index is 12.9. The van der Waals surface area contributed by atoms with Gasteiger partial charge >= 0.3 is 5.69 Å². The zero-order valence-electron chi connectivity index (χ0n) is 17.3. The number of nitrogens with zero attached hydrogens (tertiary/aromatic N) is 6. The number of carbonyl (C=O) groups is 1. The SMILES string of the molecule is Cn1c(=O)c2c(ncn2CC(=O)N2CCC(c3nc4ccccc4o3)CC2)n(C)c1=O. The number of fused-ring (bicyclic) bond motifs is 2. The molecule has 1 saturated heterocycles. The Labute approximate surface area is 176 Å². The normalized spacial score (nSPS) is 15.2. The molecule has 10 nitrogen and oxygen atoms in total. The summed E-state index contributed by atoms with van der Waals surface area (Å²) in [5.41, 5.74) is 1.24. The molecule has 1 aromatic carbocycles. The van der Waals surface area contributed by atoms with Crippen LogP contribution in [0.5, 0.6) is 0 Å². The summed E-state index contributed by atoms with van der Waals surface area (Å²) in [6.07, 6.45) is 2.97. The zero-order valence-corrected chi connectivity index (χ0v) is 17.3. The number of hydrogen-bond acceptors (Lipinski definition) is 6. The molecule has 1 amide bonds. The Bertz CT molecular complexity index is 1380. The number of amides is 1. The van der Waals surface area contributed by atoms with Gasteiger partial charge in [-0.2, -0.15) is 0 Å². The second-order valence-corrected chi connectivity index (χ2v) is 7.93. The first-order valence-electron chi connectivity index (χ1n) is 10.2. The van der Waals surface area contributed by atoms with E-state index in [-0.39, 0.29) is 29.5 Å². The van der Waals surface area contributed by atoms with Crippen LogP contribution in [0.25, 0.3) is 22.3 Å². The number of aryl methyl sites for hydroxylation is 1. The Morgan fingerprint density at radius 3 is 2.61 bits per heavy atom. The lowest BCUT2D eigenvalue weighted by Crippen LogP contribution is -2.41. The molecule has 0 bridgehead atoms. The maximum Gasteiger partial charge on any atom is 0.332 e. The smallest absolute Gasteiger partial charge is 0.332 e. The van der Waals surface area contributed by atoms with Crippen molar-refractivity contribution in [1.82, 2.24) is 28.6 Å². The van der Waals surface area contributed by atoms with E-state index < -0.39 is 11.2 Å². The monoisotopic (exact) mass is 422 g/mol. The number of hydrogen-bond donors (Lipinski definition) is 0. The van der Waals surface area contributed by atoms with E-state index in [1.54, 1.807) is 11.9 Å². The summed E-state index contributed by atoms with van der Waals surface area (Å²) in [7, 11) is 2.97. The van der Waals surface area contributed by atoms with Crippen LogP contribution in [-0.4, -0.2) is 47.6 Å². The van der Waals surface area contributed by atoms with E-state index >= 15 is 0 Å². The van der Waals surface area contributed by atoms with E-state index in [0.717, 1.165) is 34.4 Å². The third-order valence-corrected chi connectivity index (χ3v) is 6.03. The molecule has 0 saturated carbocycles. The van der Waals surface area contributed by atoms with Crippen molar-refractivity contribution in [2.24, 2.45) is 14.1 Å². The summed E-state index contributed by atoms with van der Waals surface area (Å²) < 4.78 is 9.74. The van der Waals surface area contributed by atoms with Gasteiger partial charge in [-0.3, -0.25) is 18.7 Å². The molecule has 3 aromatic heterocycles. The highest BCUT2D eigenvalue weighted by atomic mass is 16.3. The average Bonchev–Trinajstić information content (AvgIpc) is 3.41. The van der Waals surface area contributed by atoms with Crippen LogP contribution in [0.1, 0.15) is 24.7 Å². The Kier molecular flexibility index (Phi) is 4.49. The van der Waals surface area contributed by atoms with E-state index in [1.807, 2.05) is 24.3 Å². The van der Waals surface area contributed by atoms with Crippen molar-refractivity contribution in [3.8, 4) is 0 Å². The summed E-state index contributed by atoms with van der Waals surface area (Å²) in [4.78, 5) is 48.1. The Morgan fingerprint density at radius 2 is 1.87 bits per heavy atom. The van der Waals surface area contributed by atoms with E-state index in [1.165, 1.54) is 22.5 Å². The van der Waals surface area contributed by atoms with Crippen molar-refractivity contribution in [3.63, 3.8) is 0 Å². The minimum atomic E-state index is -0.460. The topological polar surface area (TPSA) is 108 Å². The molecule has 0 spiro atoms. The molecule has 1 fully saturated rings. The molecular formula is C21H22N6O4. The highest BCUT2D eigenvalue weighted by molar-refractivity contribution is 5.79. The van der Waals surface area contributed by atoms with Crippen LogP contribution in [0.15, 0.2) is 44.6 Å². The number of para-hydroxylation sites is 2. The van der Waals surface area contributed by atoms with Crippen molar-refractivity contribution in [1.29, 1.82) is 0 Å². The predicted molar refractivity (Wildman–Crippen MR) is 113 cm³/mol. The average molecular weight is 422 g/mol. The van der Waals surface area contributed by atoms with Crippen molar-refractivity contribution >= 4 is 28.2 Å². The van der Waals surface area contributed by atoms with Crippen LogP contribution >= 0.6 is 0 Å². The molecular weight excluding hydrogens is 400 g/mol. The number of piperidine rings is 1. The summed E-state index contributed by atoms with van der Waals surface area (Å²) in [6, 6.07) is 7.68. The van der Waals surface area contributed by atoms with Crippen LogP contribution in [0.4, 0.5) is 0 Å². The van der Waals surface area contributed by atoms with Gasteiger partial charge in [0, 0.05) is 33.1 Å². The molecule has 1 aliphatic rings. The number of oxazole rings is 1. The third kappa shape index (κ3) is 3.15. The van der Waals surface area contributed by atoms with Gasteiger partial charge in [0.1, 0.15) is 12.1 Å². The van der Waals surface area contributed by atoms with E-state index in [0.29, 0.717) is 13.1 Å². The summed E-state index contributed by atoms with van der Waals surface area (Å²) >= 11 is 0. The maximum atomic E-state index is 12.9. The molecule has 0 aliphatic carbocycles. The second-order valence-electron chi connectivity index (χ2n) is 7.93. The number of benzene rings is 1. The molecule has 0 N–H and O–H groups in total. The molecule has 10 heteroatoms. The van der Waals surface area contributed by atoms with Crippen LogP contribution in [0.3, 0.4) is 0 Å². The summed E-state index contributed by atoms with van der Waals surface area (Å²) in [6.45, 7) is 1.17. The minimum absolute atomic E-state index is 0.00248. The van der Waals surface area contributed by atoms with Gasteiger partial charge < -0.3 is 13.9 Å². The number of carbonyl (C=O) groups excluding carboxylic acids is 1. The van der Waals surface area contributed by atoms with Gasteiger partial charge in [0.15, 0.2) is 22.6 Å². The molecule has 5 rings (SSSR count). The number of likely N-dealkylation sites (tertiary alicyclic amines) is 1. The molecule has 4 aromatic rings. The lowest BCUT2D eigenvalue weighted by molar-refractivity contribution is -0.132. The lowest BCUT2D eigenvalue weighted by Gasteiger charge is -2.30. The Hall–Kier alpha value is -3.69. The Morgan fingerprint density at radius 1 is 1.13 bits per heavy atom. The fourth-order valence-corrected chi connectivity index (χ4v) is 4.20. The van der Waals surface area contributed by atoms with Crippen molar-refractivity contribution in [2.45, 2.75) is 25.3 Å². The van der Waals surface area contributed by atoms with Gasteiger partial charge in [-0.1, -0.05) is 12.1 Å². The first-order chi connectivity index (χ1) is 14.9. The van der Waals surface area contributed by atoms with Crippen LogP contribution in [-0.2, 0) is 25.4 Å². The largest absolute Gasteiger partial charge is 0.440 e. The third-order valence-electron chi connectivity index (χ3n) is 6.03. The molecule has 160 valence electrons. The van der Waals surface area contributed by atoms with Crippen molar-refractivity contribution < 1.29 is 9.21 Å². The van der Waals surface area contributed by atoms with Gasteiger partial charge in [0.05, 0.1) is 6.33 Å². The first kappa shape index (κ1) is 19.3. The molecule has 31 heavy (non-hydrogen) atoms. The van der Waals surface area contributed by atoms with Gasteiger partial charge in [0.25, 0.3) is 5.56 Å². The highest BCUT2D eigenvalue weighted by Gasteiger charge is 2.27. The Balaban J connectivity index is 1.31. The van der Waals surface area contributed by atoms with Crippen molar-refractivity contribution in [2.75, 3.05) is 13.1 Å². The standard InChI is InChI=1S/C21H22N6O4/c1-24-18-17(20(29)25(2)21(24)30)27(12-22-18)11-16(28)26-9-7-13(8-10-26)19-23-14-5-3-4-6-15(14)31-19/h3-6,12-13H,7-11H2,1-2H3. The molecule has 0 radical (unpaired) electrons. The highest BCUT2D eigenvalue weighted by Crippen LogP contribution is 2.30. The summed E-state index contributed by atoms with van der Waals surface area (Å²) in [5, 5.41) is 0. The molecule has 1 aliphatic heterocycles. The molecule has 0 atom stereocenters. The fourth-order valence-electron chi connectivity index (χ4n) is 4.20. The van der Waals surface area contributed by atoms with Gasteiger partial charge in [-0.05, 0) is 25.0 Å². The van der Waals surface area contributed by atoms with Crippen LogP contribution in [0, 0.1) is 0 Å². The molecule has 4 heterocycles. The van der Waals surface area contributed by atoms with Crippen molar-refractivity contribution in [3.05, 3.63) is 57.3 Å². The van der Waals surface area contributed by atoms with Gasteiger partial charge in [0.2, 0.25) is 5.91 Å².